The van der Waals surface area contributed by atoms with Crippen LogP contribution in [0.3, 0.4) is 0 Å². The lowest BCUT2D eigenvalue weighted by molar-refractivity contribution is -0.144. The van der Waals surface area contributed by atoms with Gasteiger partial charge in [-0.3, -0.25) is 4.79 Å². The number of carbonyl (C=O) groups excluding carboxylic acids is 1. The maximum absolute atomic E-state index is 13.5. The highest BCUT2D eigenvalue weighted by Gasteiger charge is 2.31. The second-order valence-electron chi connectivity index (χ2n) is 7.96. The fraction of sp³-hybridized carbons (Fsp3) is 0.304. The van der Waals surface area contributed by atoms with E-state index in [2.05, 4.69) is 5.32 Å². The molecule has 1 aromatic heterocycles. The molecule has 0 saturated heterocycles. The molecule has 1 amide bonds. The van der Waals surface area contributed by atoms with Crippen molar-refractivity contribution < 1.29 is 18.7 Å². The second-order valence-corrected chi connectivity index (χ2v) is 7.96. The number of rotatable bonds is 5. The maximum atomic E-state index is 13.5. The molecule has 8 heteroatoms. The average molecular weight is 426 g/mol. The highest BCUT2D eigenvalue weighted by molar-refractivity contribution is 5.81. The van der Waals surface area contributed by atoms with Crippen molar-refractivity contribution in [3.63, 3.8) is 0 Å². The van der Waals surface area contributed by atoms with E-state index in [-0.39, 0.29) is 30.0 Å². The largest absolute Gasteiger partial charge is 0.383 e. The number of aliphatic hydroxyl groups excluding tert-OH is 1. The molecule has 0 fully saturated rings. The lowest BCUT2D eigenvalue weighted by Crippen LogP contribution is -2.45. The quantitative estimate of drug-likeness (QED) is 0.649. The summed E-state index contributed by atoms with van der Waals surface area (Å²) in [6.07, 6.45) is -1.06. The fourth-order valence-electron chi connectivity index (χ4n) is 3.60. The van der Waals surface area contributed by atoms with Crippen LogP contribution < -0.4 is 5.32 Å². The Morgan fingerprint density at radius 3 is 2.26 bits per heavy atom. The summed E-state index contributed by atoms with van der Waals surface area (Å²) in [4.78, 5) is 18.9. The summed E-state index contributed by atoms with van der Waals surface area (Å²) >= 11 is 0. The van der Waals surface area contributed by atoms with Gasteiger partial charge in [-0.1, -0.05) is 13.8 Å². The van der Waals surface area contributed by atoms with Crippen LogP contribution in [0.1, 0.15) is 19.7 Å². The van der Waals surface area contributed by atoms with Gasteiger partial charge in [0.05, 0.1) is 6.54 Å². The zero-order chi connectivity index (χ0) is 22.1. The molecule has 1 aliphatic rings. The van der Waals surface area contributed by atoms with Crippen LogP contribution in [0.15, 0.2) is 48.5 Å². The molecule has 0 radical (unpaired) electrons. The summed E-state index contributed by atoms with van der Waals surface area (Å²) in [5.41, 5.74) is 2.01. The van der Waals surface area contributed by atoms with Crippen LogP contribution >= 0.6 is 0 Å². The van der Waals surface area contributed by atoms with E-state index in [4.69, 9.17) is 4.98 Å². The van der Waals surface area contributed by atoms with Crippen molar-refractivity contribution in [2.45, 2.75) is 33.0 Å². The molecule has 1 aliphatic heterocycles. The molecule has 0 bridgehead atoms. The molecule has 3 aromatic rings. The number of benzene rings is 2. The summed E-state index contributed by atoms with van der Waals surface area (Å²) in [5, 5.41) is 13.5. The predicted molar refractivity (Wildman–Crippen MR) is 114 cm³/mol. The van der Waals surface area contributed by atoms with Gasteiger partial charge in [0, 0.05) is 24.3 Å². The van der Waals surface area contributed by atoms with Crippen LogP contribution in [0.2, 0.25) is 0 Å². The Balaban J connectivity index is 1.71. The highest BCUT2D eigenvalue weighted by Crippen LogP contribution is 2.33. The Hall–Kier alpha value is -3.26. The summed E-state index contributed by atoms with van der Waals surface area (Å²) < 4.78 is 28.7. The van der Waals surface area contributed by atoms with Crippen molar-refractivity contribution in [1.82, 2.24) is 14.5 Å². The molecule has 0 spiro atoms. The number of halogens is 2. The first-order valence-corrected chi connectivity index (χ1v) is 10.2. The topological polar surface area (TPSA) is 70.4 Å². The lowest BCUT2D eigenvalue weighted by Gasteiger charge is -2.31. The number of nitrogens with zero attached hydrogens (tertiary/aromatic N) is 3. The van der Waals surface area contributed by atoms with Crippen molar-refractivity contribution in [1.29, 1.82) is 0 Å². The van der Waals surface area contributed by atoms with Gasteiger partial charge < -0.3 is 19.9 Å². The van der Waals surface area contributed by atoms with E-state index in [1.54, 1.807) is 43.0 Å². The zero-order valence-corrected chi connectivity index (χ0v) is 17.3. The van der Waals surface area contributed by atoms with Crippen molar-refractivity contribution >= 4 is 17.4 Å². The van der Waals surface area contributed by atoms with E-state index in [9.17, 15) is 18.7 Å². The van der Waals surface area contributed by atoms with E-state index in [1.165, 1.54) is 24.3 Å². The van der Waals surface area contributed by atoms with Crippen molar-refractivity contribution in [2.24, 2.45) is 5.92 Å². The van der Waals surface area contributed by atoms with Crippen LogP contribution in [0.5, 0.6) is 0 Å². The minimum Gasteiger partial charge on any atom is -0.383 e. The predicted octanol–water partition coefficient (Wildman–Crippen LogP) is 3.93. The molecule has 4 rings (SSSR count). The third-order valence-electron chi connectivity index (χ3n) is 5.39. The molecule has 2 N–H and O–H groups in total. The second kappa shape index (κ2) is 8.47. The monoisotopic (exact) mass is 426 g/mol. The Morgan fingerprint density at radius 2 is 1.65 bits per heavy atom. The van der Waals surface area contributed by atoms with Gasteiger partial charge in [-0.05, 0) is 54.4 Å². The Labute approximate surface area is 179 Å². The number of fused-ring (bicyclic) bond motifs is 1. The first kappa shape index (κ1) is 21.0. The number of aliphatic hydroxyl groups is 1. The van der Waals surface area contributed by atoms with Crippen LogP contribution in [0, 0.1) is 17.6 Å². The summed E-state index contributed by atoms with van der Waals surface area (Å²) in [6, 6.07) is 12.0. The van der Waals surface area contributed by atoms with Gasteiger partial charge in [-0.15, -0.1) is 0 Å². The summed E-state index contributed by atoms with van der Waals surface area (Å²) in [6.45, 7) is 4.74. The average Bonchev–Trinajstić information content (AvgIpc) is 3.12. The summed E-state index contributed by atoms with van der Waals surface area (Å²) in [7, 11) is 0. The van der Waals surface area contributed by atoms with Crippen LogP contribution in [-0.4, -0.2) is 38.1 Å². The molecule has 0 aliphatic carbocycles. The Kier molecular flexibility index (Phi) is 5.73. The normalized spacial score (nSPS) is 14.5. The zero-order valence-electron chi connectivity index (χ0n) is 17.3. The van der Waals surface area contributed by atoms with E-state index < -0.39 is 6.10 Å². The minimum atomic E-state index is -1.06. The Bertz CT molecular complexity index is 1080. The maximum Gasteiger partial charge on any atom is 0.252 e. The van der Waals surface area contributed by atoms with E-state index >= 15 is 0 Å². The van der Waals surface area contributed by atoms with Gasteiger partial charge in [0.25, 0.3) is 5.91 Å². The molecule has 162 valence electrons. The third-order valence-corrected chi connectivity index (χ3v) is 5.39. The lowest BCUT2D eigenvalue weighted by atomic mass is 10.1. The Morgan fingerprint density at radius 1 is 1.03 bits per heavy atom. The van der Waals surface area contributed by atoms with Gasteiger partial charge in [0.1, 0.15) is 35.1 Å². The van der Waals surface area contributed by atoms with Gasteiger partial charge in [-0.2, -0.15) is 0 Å². The van der Waals surface area contributed by atoms with Crippen LogP contribution in [0.4, 0.5) is 20.3 Å². The molecule has 2 aromatic carbocycles. The number of hydrogen-bond donors (Lipinski definition) is 2. The van der Waals surface area contributed by atoms with Gasteiger partial charge >= 0.3 is 0 Å². The number of anilines is 2. The van der Waals surface area contributed by atoms with Gasteiger partial charge in [-0.25, -0.2) is 13.8 Å². The number of aromatic nitrogens is 2. The minimum absolute atomic E-state index is 0.181. The number of carbonyl (C=O) groups is 1. The SMILES string of the molecule is CC(C)[C@@H](O)C(=O)N1CCn2c(nc(-c3ccc(F)cc3)c2Nc2ccc(F)cc2)C1. The summed E-state index contributed by atoms with van der Waals surface area (Å²) in [5.74, 6) is 0.155. The highest BCUT2D eigenvalue weighted by atomic mass is 19.1. The van der Waals surface area contributed by atoms with Crippen molar-refractivity contribution in [3.8, 4) is 11.3 Å². The molecule has 6 nitrogen and oxygen atoms in total. The van der Waals surface area contributed by atoms with E-state index in [0.29, 0.717) is 41.7 Å². The molecule has 0 unspecified atom stereocenters. The smallest absolute Gasteiger partial charge is 0.252 e. The molecule has 0 saturated carbocycles. The standard InChI is InChI=1S/C23H24F2N4O2/c1-14(2)21(30)23(31)28-11-12-29-19(13-28)27-20(15-3-5-16(24)6-4-15)22(29)26-18-9-7-17(25)8-10-18/h3-10,14,21,26,30H,11-13H2,1-2H3/t21-/m1/s1. The molecular weight excluding hydrogens is 402 g/mol. The van der Waals surface area contributed by atoms with Crippen molar-refractivity contribution in [2.75, 3.05) is 11.9 Å². The number of hydrogen-bond acceptors (Lipinski definition) is 4. The van der Waals surface area contributed by atoms with Gasteiger partial charge in [0.15, 0.2) is 0 Å². The number of amides is 1. The number of imidazole rings is 1. The first-order chi connectivity index (χ1) is 14.8. The van der Waals surface area contributed by atoms with Gasteiger partial charge in [0.2, 0.25) is 0 Å². The molecular formula is C23H24F2N4O2. The molecule has 31 heavy (non-hydrogen) atoms. The van der Waals surface area contributed by atoms with E-state index in [0.717, 1.165) is 0 Å². The van der Waals surface area contributed by atoms with Crippen LogP contribution in [0.25, 0.3) is 11.3 Å². The van der Waals surface area contributed by atoms with E-state index in [1.807, 2.05) is 4.57 Å². The van der Waals surface area contributed by atoms with Crippen molar-refractivity contribution in [3.05, 3.63) is 66.0 Å². The van der Waals surface area contributed by atoms with Crippen LogP contribution in [-0.2, 0) is 17.9 Å². The molecule has 2 heterocycles. The fourth-order valence-corrected chi connectivity index (χ4v) is 3.60. The third kappa shape index (κ3) is 4.29. The number of nitrogens with one attached hydrogen (secondary N) is 1. The molecule has 1 atom stereocenters. The first-order valence-electron chi connectivity index (χ1n) is 10.2.